The van der Waals surface area contributed by atoms with Gasteiger partial charge in [0, 0.05) is 10.6 Å². The molecule has 3 rings (SSSR count). The number of rotatable bonds is 4. The van der Waals surface area contributed by atoms with Crippen molar-refractivity contribution < 1.29 is 9.18 Å². The van der Waals surface area contributed by atoms with Crippen molar-refractivity contribution >= 4 is 29.1 Å². The summed E-state index contributed by atoms with van der Waals surface area (Å²) in [6, 6.07) is 12.4. The van der Waals surface area contributed by atoms with E-state index in [0.717, 1.165) is 5.56 Å². The number of benzene rings is 2. The molecule has 0 radical (unpaired) electrons. The van der Waals surface area contributed by atoms with E-state index in [1.54, 1.807) is 30.3 Å². The highest BCUT2D eigenvalue weighted by atomic mass is 35.5. The highest BCUT2D eigenvalue weighted by molar-refractivity contribution is 6.36. The lowest BCUT2D eigenvalue weighted by molar-refractivity contribution is 0.0950. The van der Waals surface area contributed by atoms with E-state index in [-0.39, 0.29) is 23.3 Å². The van der Waals surface area contributed by atoms with Crippen molar-refractivity contribution in [2.45, 2.75) is 6.54 Å². The fourth-order valence-corrected chi connectivity index (χ4v) is 2.71. The minimum Gasteiger partial charge on any atom is -0.346 e. The molecule has 0 unspecified atom stereocenters. The quantitative estimate of drug-likeness (QED) is 0.729. The number of nitrogens with one attached hydrogen (secondary N) is 1. The third-order valence-corrected chi connectivity index (χ3v) is 4.02. The molecule has 25 heavy (non-hydrogen) atoms. The highest BCUT2D eigenvalue weighted by Gasteiger charge is 2.11. The monoisotopic (exact) mass is 375 g/mol. The lowest BCUT2D eigenvalue weighted by atomic mass is 10.1. The molecule has 126 valence electrons. The van der Waals surface area contributed by atoms with Crippen molar-refractivity contribution in [1.29, 1.82) is 0 Å². The van der Waals surface area contributed by atoms with E-state index in [9.17, 15) is 9.18 Å². The van der Waals surface area contributed by atoms with Crippen LogP contribution < -0.4 is 5.32 Å². The zero-order valence-electron chi connectivity index (χ0n) is 12.8. The first-order valence-electron chi connectivity index (χ1n) is 7.33. The molecule has 0 saturated heterocycles. The molecule has 0 aliphatic rings. The van der Waals surface area contributed by atoms with Gasteiger partial charge in [0.15, 0.2) is 0 Å². The largest absolute Gasteiger partial charge is 0.346 e. The maximum absolute atomic E-state index is 13.0. The van der Waals surface area contributed by atoms with Crippen LogP contribution in [0.5, 0.6) is 0 Å². The van der Waals surface area contributed by atoms with Gasteiger partial charge in [0.05, 0.1) is 28.5 Å². The van der Waals surface area contributed by atoms with E-state index in [1.807, 2.05) is 0 Å². The van der Waals surface area contributed by atoms with Gasteiger partial charge in [-0.25, -0.2) is 14.4 Å². The number of amides is 1. The zero-order chi connectivity index (χ0) is 17.8. The summed E-state index contributed by atoms with van der Waals surface area (Å²) in [6.45, 7) is 0.203. The topological polar surface area (TPSA) is 54.9 Å². The predicted molar refractivity (Wildman–Crippen MR) is 95.1 cm³/mol. The van der Waals surface area contributed by atoms with Crippen LogP contribution in [0.2, 0.25) is 10.0 Å². The first kappa shape index (κ1) is 17.3. The van der Waals surface area contributed by atoms with E-state index >= 15 is 0 Å². The van der Waals surface area contributed by atoms with Crippen molar-refractivity contribution in [1.82, 2.24) is 15.3 Å². The van der Waals surface area contributed by atoms with Crippen LogP contribution >= 0.6 is 23.2 Å². The smallest absolute Gasteiger partial charge is 0.253 e. The Hall–Kier alpha value is -2.50. The summed E-state index contributed by atoms with van der Waals surface area (Å²) in [6.07, 6.45) is 1.40. The summed E-state index contributed by atoms with van der Waals surface area (Å²) in [5, 5.41) is 3.48. The van der Waals surface area contributed by atoms with E-state index in [4.69, 9.17) is 23.2 Å². The third-order valence-electron chi connectivity index (χ3n) is 3.47. The van der Waals surface area contributed by atoms with Crippen molar-refractivity contribution in [2.24, 2.45) is 0 Å². The van der Waals surface area contributed by atoms with Gasteiger partial charge in [-0.3, -0.25) is 4.79 Å². The van der Waals surface area contributed by atoms with Gasteiger partial charge in [-0.05, 0) is 48.5 Å². The molecule has 4 nitrogen and oxygen atoms in total. The maximum Gasteiger partial charge on any atom is 0.253 e. The van der Waals surface area contributed by atoms with Gasteiger partial charge in [0.2, 0.25) is 0 Å². The van der Waals surface area contributed by atoms with Crippen molar-refractivity contribution in [2.75, 3.05) is 0 Å². The molecule has 2 aromatic carbocycles. The molecule has 0 aliphatic heterocycles. The number of carbonyl (C=O) groups excluding carboxylic acids is 1. The fourth-order valence-electron chi connectivity index (χ4n) is 2.21. The molecule has 0 aliphatic carbocycles. The van der Waals surface area contributed by atoms with E-state index in [2.05, 4.69) is 15.3 Å². The Labute approximate surface area is 153 Å². The Kier molecular flexibility index (Phi) is 5.26. The van der Waals surface area contributed by atoms with Crippen LogP contribution in [-0.2, 0) is 6.54 Å². The number of carbonyl (C=O) groups is 1. The van der Waals surface area contributed by atoms with Crippen LogP contribution in [0.1, 0.15) is 16.1 Å². The van der Waals surface area contributed by atoms with Gasteiger partial charge in [0.25, 0.3) is 5.91 Å². The molecule has 1 amide bonds. The Bertz CT molecular complexity index is 916. The molecule has 0 spiro atoms. The van der Waals surface area contributed by atoms with Crippen LogP contribution in [0.25, 0.3) is 11.3 Å². The Morgan fingerprint density at radius 3 is 2.52 bits per heavy atom. The SMILES string of the molecule is O=C(NCc1cc(-c2ccc(F)cc2)ncn1)c1ccc(Cl)cc1Cl. The average Bonchev–Trinajstić information content (AvgIpc) is 2.60. The summed E-state index contributed by atoms with van der Waals surface area (Å²) >= 11 is 11.8. The van der Waals surface area contributed by atoms with Crippen LogP contribution in [0.3, 0.4) is 0 Å². The number of hydrogen-bond donors (Lipinski definition) is 1. The third kappa shape index (κ3) is 4.32. The summed E-state index contributed by atoms with van der Waals surface area (Å²) in [5.74, 6) is -0.645. The van der Waals surface area contributed by atoms with Crippen molar-refractivity contribution in [3.63, 3.8) is 0 Å². The minimum atomic E-state index is -0.330. The second kappa shape index (κ2) is 7.59. The standard InChI is InChI=1S/C18H12Cl2FN3O/c19-12-3-6-15(16(20)7-12)18(25)22-9-14-8-17(24-10-23-14)11-1-4-13(21)5-2-11/h1-8,10H,9H2,(H,22,25). The van der Waals surface area contributed by atoms with E-state index in [1.165, 1.54) is 24.5 Å². The number of halogens is 3. The summed E-state index contributed by atoms with van der Waals surface area (Å²) in [5.41, 5.74) is 2.35. The first-order valence-corrected chi connectivity index (χ1v) is 8.08. The number of hydrogen-bond acceptors (Lipinski definition) is 3. The molecule has 0 atom stereocenters. The molecule has 1 aromatic heterocycles. The summed E-state index contributed by atoms with van der Waals surface area (Å²) in [7, 11) is 0. The van der Waals surface area contributed by atoms with E-state index in [0.29, 0.717) is 22.0 Å². The maximum atomic E-state index is 13.0. The second-order valence-corrected chi connectivity index (χ2v) is 6.05. The Balaban J connectivity index is 1.72. The normalized spacial score (nSPS) is 10.5. The fraction of sp³-hybridized carbons (Fsp3) is 0.0556. The van der Waals surface area contributed by atoms with Gasteiger partial charge in [-0.1, -0.05) is 23.2 Å². The van der Waals surface area contributed by atoms with Crippen LogP contribution in [-0.4, -0.2) is 15.9 Å². The minimum absolute atomic E-state index is 0.203. The average molecular weight is 376 g/mol. The molecule has 0 fully saturated rings. The van der Waals surface area contributed by atoms with Gasteiger partial charge in [-0.2, -0.15) is 0 Å². The predicted octanol–water partition coefficient (Wildman–Crippen LogP) is 4.52. The van der Waals surface area contributed by atoms with Crippen LogP contribution in [0.15, 0.2) is 54.9 Å². The zero-order valence-corrected chi connectivity index (χ0v) is 14.4. The van der Waals surface area contributed by atoms with Crippen LogP contribution in [0, 0.1) is 5.82 Å². The van der Waals surface area contributed by atoms with Gasteiger partial charge in [0.1, 0.15) is 12.1 Å². The van der Waals surface area contributed by atoms with Gasteiger partial charge >= 0.3 is 0 Å². The second-order valence-electron chi connectivity index (χ2n) is 5.21. The highest BCUT2D eigenvalue weighted by Crippen LogP contribution is 2.21. The molecule has 0 saturated carbocycles. The molecule has 1 N–H and O–H groups in total. The van der Waals surface area contributed by atoms with Gasteiger partial charge in [-0.15, -0.1) is 0 Å². The van der Waals surface area contributed by atoms with Crippen molar-refractivity contribution in [3.05, 3.63) is 82.0 Å². The molecule has 0 bridgehead atoms. The molecular weight excluding hydrogens is 364 g/mol. The van der Waals surface area contributed by atoms with Crippen molar-refractivity contribution in [3.8, 4) is 11.3 Å². The molecule has 1 heterocycles. The Morgan fingerprint density at radius 2 is 1.80 bits per heavy atom. The van der Waals surface area contributed by atoms with Crippen LogP contribution in [0.4, 0.5) is 4.39 Å². The Morgan fingerprint density at radius 1 is 1.04 bits per heavy atom. The number of aromatic nitrogens is 2. The van der Waals surface area contributed by atoms with Gasteiger partial charge < -0.3 is 5.32 Å². The van der Waals surface area contributed by atoms with E-state index < -0.39 is 0 Å². The molecular formula is C18H12Cl2FN3O. The number of nitrogens with zero attached hydrogens (tertiary/aromatic N) is 2. The molecule has 7 heteroatoms. The lowest BCUT2D eigenvalue weighted by Gasteiger charge is -2.08. The lowest BCUT2D eigenvalue weighted by Crippen LogP contribution is -2.23. The molecule has 3 aromatic rings. The summed E-state index contributed by atoms with van der Waals surface area (Å²) in [4.78, 5) is 20.5. The first-order chi connectivity index (χ1) is 12.0. The summed E-state index contributed by atoms with van der Waals surface area (Å²) < 4.78 is 13.0.